The quantitative estimate of drug-likeness (QED) is 0.863. The molecule has 1 aromatic carbocycles. The van der Waals surface area contributed by atoms with E-state index in [1.807, 2.05) is 0 Å². The molecule has 1 aliphatic rings. The van der Waals surface area contributed by atoms with Crippen LogP contribution in [0.3, 0.4) is 0 Å². The Labute approximate surface area is 104 Å². The van der Waals surface area contributed by atoms with Crippen molar-refractivity contribution < 1.29 is 4.74 Å². The van der Waals surface area contributed by atoms with E-state index in [2.05, 4.69) is 44.3 Å². The van der Waals surface area contributed by atoms with Crippen LogP contribution in [0.2, 0.25) is 0 Å². The fourth-order valence-electron chi connectivity index (χ4n) is 2.66. The van der Waals surface area contributed by atoms with Crippen LogP contribution in [0.1, 0.15) is 36.1 Å². The minimum Gasteiger partial charge on any atom is -0.381 e. The molecule has 2 unspecified atom stereocenters. The summed E-state index contributed by atoms with van der Waals surface area (Å²) in [5.41, 5.74) is 4.17. The van der Waals surface area contributed by atoms with Crippen molar-refractivity contribution in [1.82, 2.24) is 5.32 Å². The maximum absolute atomic E-state index is 5.54. The van der Waals surface area contributed by atoms with Gasteiger partial charge in [-0.1, -0.05) is 30.7 Å². The first-order chi connectivity index (χ1) is 8.22. The maximum atomic E-state index is 5.54. The highest BCUT2D eigenvalue weighted by Gasteiger charge is 2.27. The van der Waals surface area contributed by atoms with Crippen LogP contribution < -0.4 is 5.32 Å². The summed E-state index contributed by atoms with van der Waals surface area (Å²) < 4.78 is 5.54. The van der Waals surface area contributed by atoms with Crippen LogP contribution in [0.15, 0.2) is 18.2 Å². The standard InChI is InChI=1S/C15H23NO/c1-4-16-15(13-7-8-17-10-13)14-9-11(2)5-6-12(14)3/h5-6,9,13,15-16H,4,7-8,10H2,1-3H3. The Morgan fingerprint density at radius 3 is 2.88 bits per heavy atom. The lowest BCUT2D eigenvalue weighted by Gasteiger charge is -2.25. The van der Waals surface area contributed by atoms with Gasteiger partial charge in [-0.2, -0.15) is 0 Å². The van der Waals surface area contributed by atoms with Gasteiger partial charge in [-0.05, 0) is 37.9 Å². The second-order valence-corrected chi connectivity index (χ2v) is 5.02. The highest BCUT2D eigenvalue weighted by Crippen LogP contribution is 2.31. The number of ether oxygens (including phenoxy) is 1. The molecule has 1 N–H and O–H groups in total. The molecule has 0 aromatic heterocycles. The van der Waals surface area contributed by atoms with E-state index in [-0.39, 0.29) is 0 Å². The topological polar surface area (TPSA) is 21.3 Å². The first kappa shape index (κ1) is 12.6. The molecule has 0 spiro atoms. The van der Waals surface area contributed by atoms with E-state index < -0.39 is 0 Å². The zero-order valence-electron chi connectivity index (χ0n) is 11.1. The van der Waals surface area contributed by atoms with E-state index in [0.717, 1.165) is 19.8 Å². The van der Waals surface area contributed by atoms with Crippen molar-refractivity contribution in [3.05, 3.63) is 34.9 Å². The molecule has 2 heteroatoms. The van der Waals surface area contributed by atoms with Crippen LogP contribution in [0.4, 0.5) is 0 Å². The van der Waals surface area contributed by atoms with Crippen LogP contribution in [0, 0.1) is 19.8 Å². The molecule has 0 aliphatic carbocycles. The number of nitrogens with one attached hydrogen (secondary N) is 1. The Morgan fingerprint density at radius 1 is 1.41 bits per heavy atom. The highest BCUT2D eigenvalue weighted by molar-refractivity contribution is 5.33. The van der Waals surface area contributed by atoms with Crippen molar-refractivity contribution >= 4 is 0 Å². The first-order valence-electron chi connectivity index (χ1n) is 6.60. The minimum absolute atomic E-state index is 0.447. The van der Waals surface area contributed by atoms with Crippen molar-refractivity contribution in [2.24, 2.45) is 5.92 Å². The lowest BCUT2D eigenvalue weighted by molar-refractivity contribution is 0.177. The molecular formula is C15H23NO. The van der Waals surface area contributed by atoms with Crippen LogP contribution in [0.5, 0.6) is 0 Å². The van der Waals surface area contributed by atoms with E-state index in [4.69, 9.17) is 4.74 Å². The number of hydrogen-bond acceptors (Lipinski definition) is 2. The zero-order chi connectivity index (χ0) is 12.3. The Hall–Kier alpha value is -0.860. The van der Waals surface area contributed by atoms with Crippen LogP contribution in [-0.2, 0) is 4.74 Å². The van der Waals surface area contributed by atoms with Crippen molar-refractivity contribution in [2.75, 3.05) is 19.8 Å². The maximum Gasteiger partial charge on any atom is 0.0513 e. The molecule has 0 saturated carbocycles. The van der Waals surface area contributed by atoms with Crippen LogP contribution in [-0.4, -0.2) is 19.8 Å². The average molecular weight is 233 g/mol. The van der Waals surface area contributed by atoms with Gasteiger partial charge in [-0.25, -0.2) is 0 Å². The van der Waals surface area contributed by atoms with E-state index in [1.54, 1.807) is 0 Å². The lowest BCUT2D eigenvalue weighted by Crippen LogP contribution is -2.29. The summed E-state index contributed by atoms with van der Waals surface area (Å²) in [5.74, 6) is 0.621. The third-order valence-corrected chi connectivity index (χ3v) is 3.63. The molecule has 2 rings (SSSR count). The van der Waals surface area contributed by atoms with Crippen molar-refractivity contribution in [3.8, 4) is 0 Å². The summed E-state index contributed by atoms with van der Waals surface area (Å²) in [4.78, 5) is 0. The Balaban J connectivity index is 2.27. The third-order valence-electron chi connectivity index (χ3n) is 3.63. The van der Waals surface area contributed by atoms with Gasteiger partial charge in [0.25, 0.3) is 0 Å². The summed E-state index contributed by atoms with van der Waals surface area (Å²) in [6, 6.07) is 7.18. The summed E-state index contributed by atoms with van der Waals surface area (Å²) in [6.45, 7) is 9.36. The SMILES string of the molecule is CCNC(c1cc(C)ccc1C)C1CCOC1. The molecule has 1 aliphatic heterocycles. The summed E-state index contributed by atoms with van der Waals surface area (Å²) >= 11 is 0. The normalized spacial score (nSPS) is 21.7. The molecule has 2 atom stereocenters. The van der Waals surface area contributed by atoms with E-state index in [1.165, 1.54) is 23.1 Å². The van der Waals surface area contributed by atoms with Gasteiger partial charge >= 0.3 is 0 Å². The van der Waals surface area contributed by atoms with E-state index in [0.29, 0.717) is 12.0 Å². The lowest BCUT2D eigenvalue weighted by atomic mass is 9.89. The van der Waals surface area contributed by atoms with E-state index in [9.17, 15) is 0 Å². The van der Waals surface area contributed by atoms with Gasteiger partial charge in [0.15, 0.2) is 0 Å². The van der Waals surface area contributed by atoms with Gasteiger partial charge in [0.05, 0.1) is 6.61 Å². The summed E-state index contributed by atoms with van der Waals surface area (Å²) in [5, 5.41) is 3.63. The number of benzene rings is 1. The molecule has 1 fully saturated rings. The largest absolute Gasteiger partial charge is 0.381 e. The molecule has 0 radical (unpaired) electrons. The minimum atomic E-state index is 0.447. The first-order valence-corrected chi connectivity index (χ1v) is 6.60. The number of aryl methyl sites for hydroxylation is 2. The van der Waals surface area contributed by atoms with Crippen molar-refractivity contribution in [1.29, 1.82) is 0 Å². The Kier molecular flexibility index (Phi) is 4.19. The van der Waals surface area contributed by atoms with Crippen molar-refractivity contribution in [3.63, 3.8) is 0 Å². The zero-order valence-corrected chi connectivity index (χ0v) is 11.1. The van der Waals surface area contributed by atoms with Gasteiger partial charge in [0, 0.05) is 18.6 Å². The third kappa shape index (κ3) is 2.88. The second kappa shape index (κ2) is 5.65. The van der Waals surface area contributed by atoms with Gasteiger partial charge in [0.1, 0.15) is 0 Å². The number of hydrogen-bond donors (Lipinski definition) is 1. The molecule has 1 saturated heterocycles. The molecule has 1 aromatic rings. The number of rotatable bonds is 4. The monoisotopic (exact) mass is 233 g/mol. The molecular weight excluding hydrogens is 210 g/mol. The Morgan fingerprint density at radius 2 is 2.24 bits per heavy atom. The summed E-state index contributed by atoms with van der Waals surface area (Å²) in [7, 11) is 0. The van der Waals surface area contributed by atoms with Crippen LogP contribution in [0.25, 0.3) is 0 Å². The van der Waals surface area contributed by atoms with Crippen LogP contribution >= 0.6 is 0 Å². The second-order valence-electron chi connectivity index (χ2n) is 5.02. The predicted molar refractivity (Wildman–Crippen MR) is 71.3 cm³/mol. The van der Waals surface area contributed by atoms with Gasteiger partial charge in [-0.3, -0.25) is 0 Å². The molecule has 2 nitrogen and oxygen atoms in total. The predicted octanol–water partition coefficient (Wildman–Crippen LogP) is 2.99. The molecule has 0 bridgehead atoms. The average Bonchev–Trinajstić information content (AvgIpc) is 2.83. The molecule has 94 valence electrons. The Bertz CT molecular complexity index is 369. The molecule has 1 heterocycles. The summed E-state index contributed by atoms with van der Waals surface area (Å²) in [6.07, 6.45) is 1.17. The fourth-order valence-corrected chi connectivity index (χ4v) is 2.66. The molecule has 17 heavy (non-hydrogen) atoms. The van der Waals surface area contributed by atoms with E-state index >= 15 is 0 Å². The fraction of sp³-hybridized carbons (Fsp3) is 0.600. The van der Waals surface area contributed by atoms with Crippen molar-refractivity contribution in [2.45, 2.75) is 33.2 Å². The molecule has 0 amide bonds. The van der Waals surface area contributed by atoms with Gasteiger partial charge in [0.2, 0.25) is 0 Å². The highest BCUT2D eigenvalue weighted by atomic mass is 16.5. The van der Waals surface area contributed by atoms with Gasteiger partial charge < -0.3 is 10.1 Å². The van der Waals surface area contributed by atoms with Gasteiger partial charge in [-0.15, -0.1) is 0 Å². The smallest absolute Gasteiger partial charge is 0.0513 e.